The predicted molar refractivity (Wildman–Crippen MR) is 59.4 cm³/mol. The van der Waals surface area contributed by atoms with E-state index in [2.05, 4.69) is 6.07 Å². The molecule has 1 aromatic carbocycles. The van der Waals surface area contributed by atoms with Gasteiger partial charge >= 0.3 is 0 Å². The molecule has 0 N–H and O–H groups in total. The van der Waals surface area contributed by atoms with Gasteiger partial charge in [-0.15, -0.1) is 0 Å². The number of rotatable bonds is 2. The highest BCUT2D eigenvalue weighted by molar-refractivity contribution is 6.00. The molecule has 0 fully saturated rings. The summed E-state index contributed by atoms with van der Waals surface area (Å²) in [6, 6.07) is 7.59. The molecule has 1 atom stereocenters. The van der Waals surface area contributed by atoms with E-state index >= 15 is 0 Å². The van der Waals surface area contributed by atoms with E-state index in [-0.39, 0.29) is 11.7 Å². The number of ketones is 1. The van der Waals surface area contributed by atoms with E-state index in [0.29, 0.717) is 6.42 Å². The zero-order chi connectivity index (χ0) is 11.5. The summed E-state index contributed by atoms with van der Waals surface area (Å²) in [5.41, 5.74) is 1.72. The number of benzene rings is 1. The number of fused-ring (bicyclic) bond motifs is 1. The zero-order valence-electron chi connectivity index (χ0n) is 9.19. The van der Waals surface area contributed by atoms with Crippen LogP contribution in [0.15, 0.2) is 18.2 Å². The molecule has 0 spiro atoms. The second-order valence-corrected chi connectivity index (χ2v) is 3.95. The van der Waals surface area contributed by atoms with Crippen LogP contribution >= 0.6 is 0 Å². The lowest BCUT2D eigenvalue weighted by atomic mass is 9.81. The van der Waals surface area contributed by atoms with E-state index in [1.54, 1.807) is 7.11 Å². The fraction of sp³-hybridized carbons (Fsp3) is 0.385. The third-order valence-electron chi connectivity index (χ3n) is 3.07. The van der Waals surface area contributed by atoms with Crippen LogP contribution in [0.2, 0.25) is 0 Å². The monoisotopic (exact) mass is 215 g/mol. The Morgan fingerprint density at radius 3 is 3.06 bits per heavy atom. The minimum atomic E-state index is -0.135. The summed E-state index contributed by atoms with van der Waals surface area (Å²) in [5.74, 6) is 0.729. The number of nitriles is 1. The number of methoxy groups -OCH3 is 1. The molecule has 0 amide bonds. The quantitative estimate of drug-likeness (QED) is 0.760. The fourth-order valence-corrected chi connectivity index (χ4v) is 2.22. The molecule has 0 saturated carbocycles. The maximum atomic E-state index is 12.1. The second kappa shape index (κ2) is 4.36. The van der Waals surface area contributed by atoms with E-state index in [0.717, 1.165) is 29.7 Å². The van der Waals surface area contributed by atoms with Gasteiger partial charge in [0.05, 0.1) is 13.2 Å². The van der Waals surface area contributed by atoms with Crippen molar-refractivity contribution < 1.29 is 9.53 Å². The van der Waals surface area contributed by atoms with Crippen molar-refractivity contribution in [3.8, 4) is 11.8 Å². The molecule has 16 heavy (non-hydrogen) atoms. The molecule has 1 aliphatic carbocycles. The summed E-state index contributed by atoms with van der Waals surface area (Å²) in [4.78, 5) is 12.1. The Kier molecular flexibility index (Phi) is 2.91. The van der Waals surface area contributed by atoms with Gasteiger partial charge in [0, 0.05) is 23.5 Å². The summed E-state index contributed by atoms with van der Waals surface area (Å²) < 4.78 is 5.24. The van der Waals surface area contributed by atoms with E-state index in [1.807, 2.05) is 18.2 Å². The normalized spacial score (nSPS) is 18.8. The Bertz CT molecular complexity index is 459. The summed E-state index contributed by atoms with van der Waals surface area (Å²) in [7, 11) is 1.61. The number of ether oxygens (including phenoxy) is 1. The van der Waals surface area contributed by atoms with Crippen molar-refractivity contribution in [2.24, 2.45) is 5.92 Å². The Labute approximate surface area is 94.6 Å². The van der Waals surface area contributed by atoms with Crippen LogP contribution in [0, 0.1) is 17.2 Å². The van der Waals surface area contributed by atoms with Gasteiger partial charge in [-0.3, -0.25) is 4.79 Å². The maximum absolute atomic E-state index is 12.1. The van der Waals surface area contributed by atoms with Crippen molar-refractivity contribution in [2.75, 3.05) is 7.11 Å². The summed E-state index contributed by atoms with van der Waals surface area (Å²) in [6.07, 6.45) is 1.88. The standard InChI is InChI=1S/C13H13NO2/c1-16-12-4-2-3-11-10(12)6-5-9(7-8-14)13(11)15/h2-4,9H,5-7H2,1H3. The first kappa shape index (κ1) is 10.7. The molecular formula is C13H13NO2. The number of Topliss-reactive ketones (excluding diaryl/α,β-unsaturated/α-hetero) is 1. The first-order chi connectivity index (χ1) is 7.77. The van der Waals surface area contributed by atoms with Crippen LogP contribution in [0.1, 0.15) is 28.8 Å². The van der Waals surface area contributed by atoms with Crippen molar-refractivity contribution >= 4 is 5.78 Å². The Balaban J connectivity index is 2.39. The van der Waals surface area contributed by atoms with Gasteiger partial charge in [-0.1, -0.05) is 12.1 Å². The van der Waals surface area contributed by atoms with Crippen molar-refractivity contribution in [3.63, 3.8) is 0 Å². The predicted octanol–water partition coefficient (Wildman–Crippen LogP) is 2.35. The van der Waals surface area contributed by atoms with Crippen LogP contribution in [0.5, 0.6) is 5.75 Å². The molecule has 1 unspecified atom stereocenters. The van der Waals surface area contributed by atoms with Crippen molar-refractivity contribution in [2.45, 2.75) is 19.3 Å². The van der Waals surface area contributed by atoms with Crippen molar-refractivity contribution in [3.05, 3.63) is 29.3 Å². The molecule has 0 aromatic heterocycles. The molecule has 1 aliphatic rings. The van der Waals surface area contributed by atoms with Crippen LogP contribution in [0.4, 0.5) is 0 Å². The van der Waals surface area contributed by atoms with Crippen LogP contribution in [-0.4, -0.2) is 12.9 Å². The van der Waals surface area contributed by atoms with E-state index in [9.17, 15) is 4.79 Å². The van der Waals surface area contributed by atoms with Gasteiger partial charge in [-0.2, -0.15) is 5.26 Å². The third kappa shape index (κ3) is 1.67. The average molecular weight is 215 g/mol. The van der Waals surface area contributed by atoms with Gasteiger partial charge in [0.1, 0.15) is 5.75 Å². The highest BCUT2D eigenvalue weighted by Crippen LogP contribution is 2.32. The Hall–Kier alpha value is -1.82. The van der Waals surface area contributed by atoms with Crippen molar-refractivity contribution in [1.82, 2.24) is 0 Å². The minimum Gasteiger partial charge on any atom is -0.496 e. The molecule has 0 aliphatic heterocycles. The molecule has 0 radical (unpaired) electrons. The minimum absolute atomic E-state index is 0.0849. The topological polar surface area (TPSA) is 50.1 Å². The molecule has 3 nitrogen and oxygen atoms in total. The molecule has 3 heteroatoms. The van der Waals surface area contributed by atoms with E-state index in [4.69, 9.17) is 10.00 Å². The number of carbonyl (C=O) groups is 1. The van der Waals surface area contributed by atoms with Gasteiger partial charge in [-0.05, 0) is 18.9 Å². The van der Waals surface area contributed by atoms with Crippen LogP contribution in [-0.2, 0) is 6.42 Å². The van der Waals surface area contributed by atoms with Gasteiger partial charge in [-0.25, -0.2) is 0 Å². The molecule has 82 valence electrons. The smallest absolute Gasteiger partial charge is 0.167 e. The van der Waals surface area contributed by atoms with Gasteiger partial charge in [0.2, 0.25) is 0 Å². The van der Waals surface area contributed by atoms with Crippen molar-refractivity contribution in [1.29, 1.82) is 5.26 Å². The highest BCUT2D eigenvalue weighted by atomic mass is 16.5. The first-order valence-corrected chi connectivity index (χ1v) is 5.35. The van der Waals surface area contributed by atoms with Crippen LogP contribution in [0.3, 0.4) is 0 Å². The van der Waals surface area contributed by atoms with E-state index in [1.165, 1.54) is 0 Å². The summed E-state index contributed by atoms with van der Waals surface area (Å²) >= 11 is 0. The molecule has 0 heterocycles. The van der Waals surface area contributed by atoms with Crippen LogP contribution < -0.4 is 4.74 Å². The highest BCUT2D eigenvalue weighted by Gasteiger charge is 2.28. The van der Waals surface area contributed by atoms with E-state index < -0.39 is 0 Å². The largest absolute Gasteiger partial charge is 0.496 e. The number of hydrogen-bond donors (Lipinski definition) is 0. The van der Waals surface area contributed by atoms with Gasteiger partial charge in [0.25, 0.3) is 0 Å². The number of nitrogens with zero attached hydrogens (tertiary/aromatic N) is 1. The maximum Gasteiger partial charge on any atom is 0.167 e. The third-order valence-corrected chi connectivity index (χ3v) is 3.07. The lowest BCUT2D eigenvalue weighted by Crippen LogP contribution is -2.22. The molecule has 2 rings (SSSR count). The fourth-order valence-electron chi connectivity index (χ4n) is 2.22. The van der Waals surface area contributed by atoms with Gasteiger partial charge in [0.15, 0.2) is 5.78 Å². The SMILES string of the molecule is COc1cccc2c1CCC(CC#N)C2=O. The van der Waals surface area contributed by atoms with Crippen LogP contribution in [0.25, 0.3) is 0 Å². The number of carbonyl (C=O) groups excluding carboxylic acids is 1. The Morgan fingerprint density at radius 1 is 1.56 bits per heavy atom. The molecule has 0 saturated heterocycles. The molecule has 1 aromatic rings. The first-order valence-electron chi connectivity index (χ1n) is 5.35. The summed E-state index contributed by atoms with van der Waals surface area (Å²) in [5, 5.41) is 8.66. The lowest BCUT2D eigenvalue weighted by molar-refractivity contribution is 0.0903. The number of hydrogen-bond acceptors (Lipinski definition) is 3. The lowest BCUT2D eigenvalue weighted by Gasteiger charge is -2.22. The zero-order valence-corrected chi connectivity index (χ0v) is 9.19. The molecular weight excluding hydrogens is 202 g/mol. The van der Waals surface area contributed by atoms with Gasteiger partial charge < -0.3 is 4.74 Å². The average Bonchev–Trinajstić information content (AvgIpc) is 2.32. The summed E-state index contributed by atoms with van der Waals surface area (Å²) in [6.45, 7) is 0. The second-order valence-electron chi connectivity index (χ2n) is 3.95. The Morgan fingerprint density at radius 2 is 2.38 bits per heavy atom. The molecule has 0 bridgehead atoms.